The molecule has 3 aromatic carbocycles. The molecular weight excluding hydrogens is 616 g/mol. The summed E-state index contributed by atoms with van der Waals surface area (Å²) in [6, 6.07) is 10.7. The Hall–Kier alpha value is -3.66. The van der Waals surface area contributed by atoms with E-state index in [4.69, 9.17) is 4.74 Å². The van der Waals surface area contributed by atoms with Crippen LogP contribution in [0.15, 0.2) is 73.3 Å². The molecule has 0 spiro atoms. The average molecular weight is 651 g/mol. The Morgan fingerprint density at radius 2 is 1.30 bits per heavy atom. The van der Waals surface area contributed by atoms with E-state index in [-0.39, 0.29) is 48.0 Å². The highest BCUT2D eigenvalue weighted by atomic mass is 19.3. The zero-order valence-corrected chi connectivity index (χ0v) is 25.0. The van der Waals surface area contributed by atoms with Gasteiger partial charge in [-0.25, -0.2) is 17.6 Å². The lowest BCUT2D eigenvalue weighted by atomic mass is 9.78. The van der Waals surface area contributed by atoms with Gasteiger partial charge in [0.1, 0.15) is 12.4 Å². The predicted molar refractivity (Wildman–Crippen MR) is 159 cm³/mol. The van der Waals surface area contributed by atoms with Crippen molar-refractivity contribution in [2.24, 2.45) is 5.92 Å². The molecule has 2 nitrogen and oxygen atoms in total. The molecule has 46 heavy (non-hydrogen) atoms. The Bertz CT molecular complexity index is 1530. The highest BCUT2D eigenvalue weighted by molar-refractivity contribution is 5.65. The van der Waals surface area contributed by atoms with E-state index >= 15 is 8.78 Å². The van der Waals surface area contributed by atoms with Gasteiger partial charge in [0.2, 0.25) is 5.83 Å². The molecule has 0 heterocycles. The standard InChI is InChI=1S/C36H34F8O2/c1-2-17-45-35(42)33(40)24-5-3-21(4-6-24)22-7-12-27(13-8-22)36(43,44)46-28-14-9-23(10-15-28)25-11-16-29(30(37)18-25)26-19-31(38)34(41)32(39)20-26/h2-6,11,16,18-20,22-23,27-28H,1,7-10,12-15,17H2/b35-33-. The predicted octanol–water partition coefficient (Wildman–Crippen LogP) is 11.3. The van der Waals surface area contributed by atoms with Gasteiger partial charge in [0.15, 0.2) is 17.5 Å². The largest absolute Gasteiger partial charge is 0.464 e. The second-order valence-electron chi connectivity index (χ2n) is 12.0. The van der Waals surface area contributed by atoms with Crippen LogP contribution in [0.4, 0.5) is 35.1 Å². The summed E-state index contributed by atoms with van der Waals surface area (Å²) in [5.74, 6) is -7.32. The van der Waals surface area contributed by atoms with Crippen LogP contribution in [0.2, 0.25) is 0 Å². The molecule has 10 heteroatoms. The van der Waals surface area contributed by atoms with Crippen LogP contribution in [0, 0.1) is 29.2 Å². The summed E-state index contributed by atoms with van der Waals surface area (Å²) in [4.78, 5) is 0. The number of rotatable bonds is 10. The molecule has 0 bridgehead atoms. The Morgan fingerprint density at radius 1 is 0.739 bits per heavy atom. The van der Waals surface area contributed by atoms with E-state index in [0.29, 0.717) is 44.1 Å². The van der Waals surface area contributed by atoms with Gasteiger partial charge >= 0.3 is 12.1 Å². The second-order valence-corrected chi connectivity index (χ2v) is 12.0. The molecule has 246 valence electrons. The normalized spacial score (nSPS) is 22.7. The minimum Gasteiger partial charge on any atom is -0.464 e. The molecule has 0 amide bonds. The number of hydrogen-bond acceptors (Lipinski definition) is 2. The van der Waals surface area contributed by atoms with Crippen molar-refractivity contribution in [1.29, 1.82) is 0 Å². The smallest absolute Gasteiger partial charge is 0.358 e. The number of halogens is 8. The molecule has 0 unspecified atom stereocenters. The van der Waals surface area contributed by atoms with Crippen molar-refractivity contribution in [2.75, 3.05) is 6.61 Å². The lowest BCUT2D eigenvalue weighted by Gasteiger charge is -2.37. The third-order valence-corrected chi connectivity index (χ3v) is 9.10. The lowest BCUT2D eigenvalue weighted by molar-refractivity contribution is -0.300. The third kappa shape index (κ3) is 7.65. The molecule has 2 aliphatic rings. The van der Waals surface area contributed by atoms with Crippen LogP contribution in [-0.2, 0) is 9.47 Å². The number of benzene rings is 3. The van der Waals surface area contributed by atoms with E-state index in [2.05, 4.69) is 11.3 Å². The molecule has 2 aliphatic carbocycles. The quantitative estimate of drug-likeness (QED) is 0.0941. The zero-order chi connectivity index (χ0) is 33.0. The fraction of sp³-hybridized carbons (Fsp3) is 0.389. The van der Waals surface area contributed by atoms with Crippen molar-refractivity contribution in [3.05, 3.63) is 113 Å². The number of alkyl halides is 2. The molecule has 5 rings (SSSR count). The van der Waals surface area contributed by atoms with Crippen LogP contribution < -0.4 is 0 Å². The van der Waals surface area contributed by atoms with Gasteiger partial charge in [-0.2, -0.15) is 17.6 Å². The van der Waals surface area contributed by atoms with Gasteiger partial charge < -0.3 is 9.47 Å². The van der Waals surface area contributed by atoms with Crippen LogP contribution in [0.25, 0.3) is 17.0 Å². The van der Waals surface area contributed by atoms with Gasteiger partial charge in [0.05, 0.1) is 12.0 Å². The fourth-order valence-corrected chi connectivity index (χ4v) is 6.54. The summed E-state index contributed by atoms with van der Waals surface area (Å²) in [5, 5.41) is 0. The van der Waals surface area contributed by atoms with Gasteiger partial charge in [-0.05, 0) is 98.1 Å². The van der Waals surface area contributed by atoms with Gasteiger partial charge in [0.25, 0.3) is 0 Å². The Balaban J connectivity index is 1.12. The molecule has 0 atom stereocenters. The summed E-state index contributed by atoms with van der Waals surface area (Å²) in [6.07, 6.45) is 0.584. The molecule has 0 saturated heterocycles. The van der Waals surface area contributed by atoms with Gasteiger partial charge in [-0.15, -0.1) is 0 Å². The first-order chi connectivity index (χ1) is 22.0. The van der Waals surface area contributed by atoms with E-state index in [1.54, 1.807) is 18.2 Å². The Labute approximate surface area is 262 Å². The highest BCUT2D eigenvalue weighted by Crippen LogP contribution is 2.45. The van der Waals surface area contributed by atoms with Crippen molar-refractivity contribution >= 4 is 5.83 Å². The van der Waals surface area contributed by atoms with E-state index in [0.717, 1.165) is 17.7 Å². The summed E-state index contributed by atoms with van der Waals surface area (Å²) >= 11 is 0. The Kier molecular flexibility index (Phi) is 10.6. The van der Waals surface area contributed by atoms with Gasteiger partial charge in [0, 0.05) is 11.1 Å². The maximum Gasteiger partial charge on any atom is 0.358 e. The molecule has 0 radical (unpaired) electrons. The van der Waals surface area contributed by atoms with E-state index in [9.17, 15) is 26.3 Å². The van der Waals surface area contributed by atoms with Crippen LogP contribution in [0.1, 0.15) is 79.9 Å². The SMILES string of the molecule is C=CCO/C(F)=C(\F)c1ccc(C2CCC(C(F)(F)OC3CCC(c4ccc(-c5cc(F)c(F)c(F)c5)c(F)c4)CC3)CC2)cc1. The van der Waals surface area contributed by atoms with Crippen LogP contribution in [0.3, 0.4) is 0 Å². The summed E-state index contributed by atoms with van der Waals surface area (Å²) < 4.78 is 124. The zero-order valence-electron chi connectivity index (χ0n) is 25.0. The number of hydrogen-bond donors (Lipinski definition) is 0. The molecule has 3 aromatic rings. The maximum atomic E-state index is 15.2. The summed E-state index contributed by atoms with van der Waals surface area (Å²) in [5.41, 5.74) is 1.33. The minimum absolute atomic E-state index is 0.0123. The number of ether oxygens (including phenoxy) is 2. The topological polar surface area (TPSA) is 18.5 Å². The van der Waals surface area contributed by atoms with Crippen molar-refractivity contribution in [3.8, 4) is 11.1 Å². The lowest BCUT2D eigenvalue weighted by Crippen LogP contribution is -2.38. The van der Waals surface area contributed by atoms with Crippen molar-refractivity contribution in [2.45, 2.75) is 75.4 Å². The monoisotopic (exact) mass is 650 g/mol. The third-order valence-electron chi connectivity index (χ3n) is 9.10. The van der Waals surface area contributed by atoms with Crippen LogP contribution in [0.5, 0.6) is 0 Å². The first kappa shape index (κ1) is 33.7. The minimum atomic E-state index is -3.31. The van der Waals surface area contributed by atoms with E-state index < -0.39 is 53.2 Å². The highest BCUT2D eigenvalue weighted by Gasteiger charge is 2.45. The van der Waals surface area contributed by atoms with E-state index in [1.807, 2.05) is 0 Å². The average Bonchev–Trinajstić information content (AvgIpc) is 3.06. The Morgan fingerprint density at radius 3 is 1.89 bits per heavy atom. The fourth-order valence-electron chi connectivity index (χ4n) is 6.54. The van der Waals surface area contributed by atoms with Crippen LogP contribution in [-0.4, -0.2) is 18.8 Å². The molecule has 2 fully saturated rings. The van der Waals surface area contributed by atoms with Crippen molar-refractivity contribution < 1.29 is 44.6 Å². The van der Waals surface area contributed by atoms with Gasteiger partial charge in [-0.3, -0.25) is 0 Å². The molecule has 0 aliphatic heterocycles. The maximum absolute atomic E-state index is 15.2. The molecular formula is C36H34F8O2. The molecule has 2 saturated carbocycles. The molecule has 0 N–H and O–H groups in total. The van der Waals surface area contributed by atoms with Crippen molar-refractivity contribution in [1.82, 2.24) is 0 Å². The van der Waals surface area contributed by atoms with E-state index in [1.165, 1.54) is 30.3 Å². The molecule has 0 aromatic heterocycles. The van der Waals surface area contributed by atoms with Gasteiger partial charge in [-0.1, -0.05) is 49.1 Å². The summed E-state index contributed by atoms with van der Waals surface area (Å²) in [7, 11) is 0. The first-order valence-corrected chi connectivity index (χ1v) is 15.4. The summed E-state index contributed by atoms with van der Waals surface area (Å²) in [6.45, 7) is 3.22. The van der Waals surface area contributed by atoms with Crippen molar-refractivity contribution in [3.63, 3.8) is 0 Å². The van der Waals surface area contributed by atoms with Crippen LogP contribution >= 0.6 is 0 Å². The first-order valence-electron chi connectivity index (χ1n) is 15.4. The second kappa shape index (κ2) is 14.4.